The number of anilines is 1. The summed E-state index contributed by atoms with van der Waals surface area (Å²) in [7, 11) is 0. The summed E-state index contributed by atoms with van der Waals surface area (Å²) < 4.78 is 3.00. The van der Waals surface area contributed by atoms with Gasteiger partial charge in [0.25, 0.3) is 0 Å². The second kappa shape index (κ2) is 4.77. The molecule has 106 valence electrons. The lowest BCUT2D eigenvalue weighted by atomic mass is 10.1. The first kappa shape index (κ1) is 12.7. The molecule has 0 atom stereocenters. The molecule has 3 aromatic heterocycles. The molecule has 6 nitrogen and oxygen atoms in total. The number of rotatable bonds is 2. The topological polar surface area (TPSA) is 59.7 Å². The van der Waals surface area contributed by atoms with Crippen molar-refractivity contribution in [3.05, 3.63) is 41.0 Å². The zero-order valence-corrected chi connectivity index (χ0v) is 13.0. The fourth-order valence-electron chi connectivity index (χ4n) is 2.60. The summed E-state index contributed by atoms with van der Waals surface area (Å²) in [5.74, 6) is 1.72. The molecule has 1 fully saturated rings. The number of pyridine rings is 1. The van der Waals surface area contributed by atoms with E-state index in [9.17, 15) is 0 Å². The Bertz CT molecular complexity index is 808. The Morgan fingerprint density at radius 2 is 2.14 bits per heavy atom. The van der Waals surface area contributed by atoms with Gasteiger partial charge in [-0.3, -0.25) is 4.68 Å². The molecule has 4 rings (SSSR count). The Morgan fingerprint density at radius 1 is 1.29 bits per heavy atom. The maximum Gasteiger partial charge on any atom is 0.164 e. The molecule has 1 aliphatic heterocycles. The van der Waals surface area contributed by atoms with Crippen LogP contribution in [-0.2, 0) is 0 Å². The van der Waals surface area contributed by atoms with Gasteiger partial charge in [-0.1, -0.05) is 0 Å². The molecule has 0 spiro atoms. The van der Waals surface area contributed by atoms with Crippen molar-refractivity contribution in [2.45, 2.75) is 13.0 Å². The predicted octanol–water partition coefficient (Wildman–Crippen LogP) is 2.35. The molecule has 1 saturated heterocycles. The first-order valence-corrected chi connectivity index (χ1v) is 7.54. The van der Waals surface area contributed by atoms with Crippen LogP contribution in [0.2, 0.25) is 0 Å². The first-order valence-electron chi connectivity index (χ1n) is 6.75. The third-order valence-electron chi connectivity index (χ3n) is 3.67. The van der Waals surface area contributed by atoms with Gasteiger partial charge in [-0.05, 0) is 35.0 Å². The number of hydrogen-bond acceptors (Lipinski definition) is 5. The minimum atomic E-state index is 0.387. The lowest BCUT2D eigenvalue weighted by Crippen LogP contribution is -2.48. The second-order valence-electron chi connectivity index (χ2n) is 5.17. The summed E-state index contributed by atoms with van der Waals surface area (Å²) in [6, 6.07) is 4.33. The van der Waals surface area contributed by atoms with Crippen molar-refractivity contribution in [1.29, 1.82) is 0 Å². The monoisotopic (exact) mass is 344 g/mol. The minimum Gasteiger partial charge on any atom is -0.352 e. The summed E-state index contributed by atoms with van der Waals surface area (Å²) in [5, 5.41) is 5.35. The van der Waals surface area contributed by atoms with E-state index >= 15 is 0 Å². The molecule has 0 radical (unpaired) electrons. The molecule has 0 N–H and O–H groups in total. The Kier molecular flexibility index (Phi) is 2.88. The van der Waals surface area contributed by atoms with E-state index in [1.54, 1.807) is 6.20 Å². The lowest BCUT2D eigenvalue weighted by Gasteiger charge is -2.40. The quantitative estimate of drug-likeness (QED) is 0.714. The molecule has 0 bridgehead atoms. The SMILES string of the molecule is Cc1nc(N2CC(n3cc(Br)cn3)C2)c2cccnc2n1. The van der Waals surface area contributed by atoms with Crippen LogP contribution in [0.4, 0.5) is 5.82 Å². The largest absolute Gasteiger partial charge is 0.352 e. The highest BCUT2D eigenvalue weighted by molar-refractivity contribution is 9.10. The van der Waals surface area contributed by atoms with Crippen molar-refractivity contribution in [2.75, 3.05) is 18.0 Å². The van der Waals surface area contributed by atoms with Crippen LogP contribution in [0, 0.1) is 6.92 Å². The predicted molar refractivity (Wildman–Crippen MR) is 83.2 cm³/mol. The van der Waals surface area contributed by atoms with Crippen LogP contribution in [0.25, 0.3) is 11.0 Å². The van der Waals surface area contributed by atoms with Crippen LogP contribution in [0.15, 0.2) is 35.2 Å². The number of aromatic nitrogens is 5. The van der Waals surface area contributed by atoms with Gasteiger partial charge in [-0.2, -0.15) is 5.10 Å². The van der Waals surface area contributed by atoms with Crippen molar-refractivity contribution in [3.8, 4) is 0 Å². The molecule has 0 aliphatic carbocycles. The molecule has 0 unspecified atom stereocenters. The zero-order valence-electron chi connectivity index (χ0n) is 11.4. The van der Waals surface area contributed by atoms with Gasteiger partial charge in [0.2, 0.25) is 0 Å². The standard InChI is InChI=1S/C14H13BrN6/c1-9-18-13-12(3-2-4-16-13)14(19-9)20-7-11(8-20)21-6-10(15)5-17-21/h2-6,11H,7-8H2,1H3. The second-order valence-corrected chi connectivity index (χ2v) is 6.08. The number of fused-ring (bicyclic) bond motifs is 1. The van der Waals surface area contributed by atoms with Gasteiger partial charge in [-0.15, -0.1) is 0 Å². The Labute approximate surface area is 130 Å². The first-order chi connectivity index (χ1) is 10.2. The summed E-state index contributed by atoms with van der Waals surface area (Å²) in [4.78, 5) is 15.5. The van der Waals surface area contributed by atoms with Gasteiger partial charge in [0.15, 0.2) is 5.65 Å². The highest BCUT2D eigenvalue weighted by Crippen LogP contribution is 2.31. The van der Waals surface area contributed by atoms with Crippen LogP contribution in [0.1, 0.15) is 11.9 Å². The highest BCUT2D eigenvalue weighted by atomic mass is 79.9. The van der Waals surface area contributed by atoms with E-state index in [-0.39, 0.29) is 0 Å². The average molecular weight is 345 g/mol. The van der Waals surface area contributed by atoms with Crippen LogP contribution in [-0.4, -0.2) is 37.8 Å². The summed E-state index contributed by atoms with van der Waals surface area (Å²) in [6.07, 6.45) is 5.59. The van der Waals surface area contributed by atoms with Crippen molar-refractivity contribution in [3.63, 3.8) is 0 Å². The fraction of sp³-hybridized carbons (Fsp3) is 0.286. The van der Waals surface area contributed by atoms with Crippen LogP contribution in [0.3, 0.4) is 0 Å². The maximum atomic E-state index is 4.59. The summed E-state index contributed by atoms with van der Waals surface area (Å²) >= 11 is 3.43. The Hall–Kier alpha value is -2.02. The molecule has 3 aromatic rings. The minimum absolute atomic E-state index is 0.387. The molecule has 1 aliphatic rings. The Balaban J connectivity index is 1.64. The van der Waals surface area contributed by atoms with Crippen molar-refractivity contribution in [2.24, 2.45) is 0 Å². The third kappa shape index (κ3) is 2.17. The van der Waals surface area contributed by atoms with Gasteiger partial charge in [-0.25, -0.2) is 15.0 Å². The lowest BCUT2D eigenvalue weighted by molar-refractivity contribution is 0.366. The van der Waals surface area contributed by atoms with Gasteiger partial charge in [0, 0.05) is 25.5 Å². The normalized spacial score (nSPS) is 15.4. The Morgan fingerprint density at radius 3 is 2.90 bits per heavy atom. The molecular formula is C14H13BrN6. The third-order valence-corrected chi connectivity index (χ3v) is 4.08. The molecule has 0 aromatic carbocycles. The highest BCUT2D eigenvalue weighted by Gasteiger charge is 2.31. The number of halogens is 1. The smallest absolute Gasteiger partial charge is 0.164 e. The summed E-state index contributed by atoms with van der Waals surface area (Å²) in [6.45, 7) is 3.70. The van der Waals surface area contributed by atoms with Gasteiger partial charge in [0.1, 0.15) is 11.6 Å². The molecule has 0 saturated carbocycles. The van der Waals surface area contributed by atoms with Crippen LogP contribution < -0.4 is 4.90 Å². The number of nitrogens with zero attached hydrogens (tertiary/aromatic N) is 6. The van der Waals surface area contributed by atoms with Gasteiger partial charge in [0.05, 0.1) is 22.1 Å². The number of aryl methyl sites for hydroxylation is 1. The van der Waals surface area contributed by atoms with Crippen molar-refractivity contribution >= 4 is 32.8 Å². The molecular weight excluding hydrogens is 332 g/mol. The van der Waals surface area contributed by atoms with Crippen molar-refractivity contribution < 1.29 is 0 Å². The van der Waals surface area contributed by atoms with E-state index in [0.717, 1.165) is 40.2 Å². The number of hydrogen-bond donors (Lipinski definition) is 0. The van der Waals surface area contributed by atoms with Crippen molar-refractivity contribution in [1.82, 2.24) is 24.7 Å². The fourth-order valence-corrected chi connectivity index (χ4v) is 2.90. The van der Waals surface area contributed by atoms with E-state index < -0.39 is 0 Å². The molecule has 4 heterocycles. The molecule has 7 heteroatoms. The van der Waals surface area contributed by atoms with E-state index in [1.807, 2.05) is 36.1 Å². The van der Waals surface area contributed by atoms with Crippen LogP contribution in [0.5, 0.6) is 0 Å². The average Bonchev–Trinajstić information content (AvgIpc) is 2.83. The van der Waals surface area contributed by atoms with Gasteiger partial charge >= 0.3 is 0 Å². The van der Waals surface area contributed by atoms with E-state index in [0.29, 0.717) is 6.04 Å². The van der Waals surface area contributed by atoms with E-state index in [2.05, 4.69) is 40.9 Å². The maximum absolute atomic E-state index is 4.59. The molecule has 0 amide bonds. The van der Waals surface area contributed by atoms with E-state index in [4.69, 9.17) is 0 Å². The summed E-state index contributed by atoms with van der Waals surface area (Å²) in [5.41, 5.74) is 0.755. The molecule has 21 heavy (non-hydrogen) atoms. The van der Waals surface area contributed by atoms with Gasteiger partial charge < -0.3 is 4.90 Å². The zero-order chi connectivity index (χ0) is 14.4. The van der Waals surface area contributed by atoms with Crippen LogP contribution >= 0.6 is 15.9 Å². The van der Waals surface area contributed by atoms with E-state index in [1.165, 1.54) is 0 Å².